The molecule has 23 heavy (non-hydrogen) atoms. The van der Waals surface area contributed by atoms with E-state index in [0.717, 1.165) is 29.9 Å². The number of esters is 1. The minimum Gasteiger partial charge on any atom is -0.452 e. The number of hydrogen-bond acceptors (Lipinski definition) is 4. The Hall–Kier alpha value is -2.51. The Morgan fingerprint density at radius 2 is 1.83 bits per heavy atom. The Kier molecular flexibility index (Phi) is 5.25. The number of carbonyl (C=O) groups excluding carboxylic acids is 3. The first-order chi connectivity index (χ1) is 10.8. The summed E-state index contributed by atoms with van der Waals surface area (Å²) in [6, 6.07) is 2.42. The third-order valence-electron chi connectivity index (χ3n) is 3.17. The highest BCUT2D eigenvalue weighted by Gasteiger charge is 2.24. The van der Waals surface area contributed by atoms with Crippen molar-refractivity contribution in [3.63, 3.8) is 0 Å². The van der Waals surface area contributed by atoms with Crippen LogP contribution in [0.4, 0.5) is 8.78 Å². The van der Waals surface area contributed by atoms with Gasteiger partial charge >= 0.3 is 5.97 Å². The number of nitrogens with zero attached hydrogens (tertiary/aromatic N) is 1. The van der Waals surface area contributed by atoms with Crippen molar-refractivity contribution in [3.05, 3.63) is 35.4 Å². The van der Waals surface area contributed by atoms with Crippen LogP contribution in [0.1, 0.15) is 23.2 Å². The molecular weight excluding hydrogens is 310 g/mol. The number of ether oxygens (including phenoxy) is 1. The number of likely N-dealkylation sites (N-methyl/N-ethyl adjacent to an activating group) is 1. The summed E-state index contributed by atoms with van der Waals surface area (Å²) in [4.78, 5) is 36.1. The standard InChI is InChI=1S/C15H16F2N2O4/c1-19(7-13(20)18-12-2-3-12)14(21)8-23-15(22)9-4-10(16)6-11(17)5-9/h4-6,12H,2-3,7-8H2,1H3,(H,18,20). The van der Waals surface area contributed by atoms with Crippen LogP contribution in [0.3, 0.4) is 0 Å². The number of halogens is 2. The lowest BCUT2D eigenvalue weighted by Gasteiger charge is -2.16. The second-order valence-corrected chi connectivity index (χ2v) is 5.33. The summed E-state index contributed by atoms with van der Waals surface area (Å²) in [6.07, 6.45) is 1.87. The van der Waals surface area contributed by atoms with Gasteiger partial charge in [-0.2, -0.15) is 0 Å². The minimum atomic E-state index is -1.02. The molecule has 0 aromatic heterocycles. The van der Waals surface area contributed by atoms with E-state index in [4.69, 9.17) is 4.74 Å². The number of amides is 2. The minimum absolute atomic E-state index is 0.151. The van der Waals surface area contributed by atoms with E-state index in [2.05, 4.69) is 5.32 Å². The number of rotatable bonds is 6. The van der Waals surface area contributed by atoms with Crippen molar-refractivity contribution in [1.29, 1.82) is 0 Å². The Bertz CT molecular complexity index is 612. The van der Waals surface area contributed by atoms with Crippen molar-refractivity contribution in [1.82, 2.24) is 10.2 Å². The van der Waals surface area contributed by atoms with Gasteiger partial charge in [-0.3, -0.25) is 9.59 Å². The van der Waals surface area contributed by atoms with Crippen molar-refractivity contribution < 1.29 is 27.9 Å². The topological polar surface area (TPSA) is 75.7 Å². The van der Waals surface area contributed by atoms with Gasteiger partial charge in [0, 0.05) is 19.2 Å². The molecule has 1 saturated carbocycles. The molecule has 0 saturated heterocycles. The van der Waals surface area contributed by atoms with E-state index in [1.165, 1.54) is 7.05 Å². The second-order valence-electron chi connectivity index (χ2n) is 5.33. The first-order valence-electron chi connectivity index (χ1n) is 7.01. The summed E-state index contributed by atoms with van der Waals surface area (Å²) >= 11 is 0. The Morgan fingerprint density at radius 3 is 2.39 bits per heavy atom. The first-order valence-corrected chi connectivity index (χ1v) is 7.01. The molecule has 1 aromatic carbocycles. The van der Waals surface area contributed by atoms with E-state index >= 15 is 0 Å². The lowest BCUT2D eigenvalue weighted by atomic mass is 10.2. The molecule has 8 heteroatoms. The van der Waals surface area contributed by atoms with Gasteiger partial charge in [0.2, 0.25) is 5.91 Å². The summed E-state index contributed by atoms with van der Waals surface area (Å²) in [5.74, 6) is -3.75. The van der Waals surface area contributed by atoms with Crippen LogP contribution in [0, 0.1) is 11.6 Å². The molecule has 0 heterocycles. The zero-order valence-electron chi connectivity index (χ0n) is 12.5. The van der Waals surface area contributed by atoms with E-state index in [1.807, 2.05) is 0 Å². The van der Waals surface area contributed by atoms with Gasteiger partial charge in [-0.05, 0) is 25.0 Å². The van der Waals surface area contributed by atoms with E-state index in [0.29, 0.717) is 6.07 Å². The summed E-state index contributed by atoms with van der Waals surface area (Å²) < 4.78 is 30.7. The first kappa shape index (κ1) is 16.9. The third kappa shape index (κ3) is 5.32. The highest BCUT2D eigenvalue weighted by Crippen LogP contribution is 2.18. The molecule has 2 amide bonds. The van der Waals surface area contributed by atoms with Crippen LogP contribution < -0.4 is 5.32 Å². The predicted octanol–water partition coefficient (Wildman–Crippen LogP) is 0.859. The maximum Gasteiger partial charge on any atom is 0.338 e. The molecule has 0 bridgehead atoms. The Morgan fingerprint density at radius 1 is 1.22 bits per heavy atom. The molecule has 1 N–H and O–H groups in total. The summed E-state index contributed by atoms with van der Waals surface area (Å²) in [7, 11) is 1.39. The molecule has 0 unspecified atom stereocenters. The fourth-order valence-electron chi connectivity index (χ4n) is 1.80. The van der Waals surface area contributed by atoms with Gasteiger partial charge in [0.1, 0.15) is 11.6 Å². The van der Waals surface area contributed by atoms with Crippen LogP contribution in [0.25, 0.3) is 0 Å². The van der Waals surface area contributed by atoms with E-state index < -0.39 is 30.1 Å². The lowest BCUT2D eigenvalue weighted by molar-refractivity contribution is -0.137. The van der Waals surface area contributed by atoms with Crippen LogP contribution >= 0.6 is 0 Å². The highest BCUT2D eigenvalue weighted by molar-refractivity contribution is 5.92. The van der Waals surface area contributed by atoms with Crippen LogP contribution in [0.2, 0.25) is 0 Å². The number of nitrogens with one attached hydrogen (secondary N) is 1. The SMILES string of the molecule is CN(CC(=O)NC1CC1)C(=O)COC(=O)c1cc(F)cc(F)c1. The Balaban J connectivity index is 1.80. The van der Waals surface area contributed by atoms with Crippen molar-refractivity contribution in [2.24, 2.45) is 0 Å². The van der Waals surface area contributed by atoms with Crippen LogP contribution in [0.5, 0.6) is 0 Å². The molecule has 6 nitrogen and oxygen atoms in total. The maximum atomic E-state index is 13.0. The average molecular weight is 326 g/mol. The molecule has 1 aliphatic carbocycles. The number of benzene rings is 1. The maximum absolute atomic E-state index is 13.0. The fraction of sp³-hybridized carbons (Fsp3) is 0.400. The van der Waals surface area contributed by atoms with Crippen molar-refractivity contribution in [2.45, 2.75) is 18.9 Å². The molecule has 1 fully saturated rings. The van der Waals surface area contributed by atoms with Crippen LogP contribution in [-0.4, -0.2) is 48.9 Å². The van der Waals surface area contributed by atoms with E-state index in [-0.39, 0.29) is 24.1 Å². The molecular formula is C15H16F2N2O4. The number of carbonyl (C=O) groups is 3. The van der Waals surface area contributed by atoms with E-state index in [9.17, 15) is 23.2 Å². The molecule has 0 atom stereocenters. The molecule has 2 rings (SSSR count). The molecule has 1 aromatic rings. The second kappa shape index (κ2) is 7.17. The lowest BCUT2D eigenvalue weighted by Crippen LogP contribution is -2.40. The quantitative estimate of drug-likeness (QED) is 0.787. The van der Waals surface area contributed by atoms with Gasteiger partial charge in [-0.25, -0.2) is 13.6 Å². The summed E-state index contributed by atoms with van der Waals surface area (Å²) in [5, 5.41) is 2.72. The molecule has 0 aliphatic heterocycles. The molecule has 0 spiro atoms. The third-order valence-corrected chi connectivity index (χ3v) is 3.17. The van der Waals surface area contributed by atoms with Gasteiger partial charge in [0.25, 0.3) is 5.91 Å². The van der Waals surface area contributed by atoms with Gasteiger partial charge in [0.05, 0.1) is 12.1 Å². The van der Waals surface area contributed by atoms with Crippen molar-refractivity contribution >= 4 is 17.8 Å². The van der Waals surface area contributed by atoms with Gasteiger partial charge in [-0.1, -0.05) is 0 Å². The zero-order chi connectivity index (χ0) is 17.0. The average Bonchev–Trinajstić information content (AvgIpc) is 3.26. The van der Waals surface area contributed by atoms with Crippen LogP contribution in [-0.2, 0) is 14.3 Å². The normalized spacial score (nSPS) is 13.3. The van der Waals surface area contributed by atoms with Crippen molar-refractivity contribution in [2.75, 3.05) is 20.2 Å². The molecule has 0 radical (unpaired) electrons. The highest BCUT2D eigenvalue weighted by atomic mass is 19.1. The van der Waals surface area contributed by atoms with Gasteiger partial charge < -0.3 is 15.0 Å². The van der Waals surface area contributed by atoms with Crippen molar-refractivity contribution in [3.8, 4) is 0 Å². The predicted molar refractivity (Wildman–Crippen MR) is 75.4 cm³/mol. The fourth-order valence-corrected chi connectivity index (χ4v) is 1.80. The molecule has 1 aliphatic rings. The van der Waals surface area contributed by atoms with Gasteiger partial charge in [-0.15, -0.1) is 0 Å². The summed E-state index contributed by atoms with van der Waals surface area (Å²) in [6.45, 7) is -0.772. The smallest absolute Gasteiger partial charge is 0.338 e. The number of hydrogen-bond donors (Lipinski definition) is 1. The van der Waals surface area contributed by atoms with Crippen LogP contribution in [0.15, 0.2) is 18.2 Å². The van der Waals surface area contributed by atoms with E-state index in [1.54, 1.807) is 0 Å². The molecule has 124 valence electrons. The summed E-state index contributed by atoms with van der Waals surface area (Å²) in [5.41, 5.74) is -0.329. The Labute approximate surface area is 131 Å². The monoisotopic (exact) mass is 326 g/mol. The largest absolute Gasteiger partial charge is 0.452 e. The zero-order valence-corrected chi connectivity index (χ0v) is 12.5. The van der Waals surface area contributed by atoms with Gasteiger partial charge in [0.15, 0.2) is 6.61 Å².